The van der Waals surface area contributed by atoms with Crippen LogP contribution in [0.2, 0.25) is 0 Å². The lowest BCUT2D eigenvalue weighted by Gasteiger charge is -2.25. The van der Waals surface area contributed by atoms with Gasteiger partial charge >= 0.3 is 0 Å². The third-order valence-corrected chi connectivity index (χ3v) is 2.70. The molecule has 1 atom stereocenters. The van der Waals surface area contributed by atoms with Crippen LogP contribution in [0.3, 0.4) is 0 Å². The second kappa shape index (κ2) is 4.61. The summed E-state index contributed by atoms with van der Waals surface area (Å²) in [6, 6.07) is 7.53. The fraction of sp³-hybridized carbons (Fsp3) is 0.364. The first-order valence-electron chi connectivity index (χ1n) is 5.73. The second-order valence-electron chi connectivity index (χ2n) is 3.91. The zero-order chi connectivity index (χ0) is 12.4. The Bertz CT molecular complexity index is 542. The molecular weight excluding hydrogens is 234 g/mol. The van der Waals surface area contributed by atoms with E-state index < -0.39 is 0 Å². The topological polar surface area (TPSA) is 88.1 Å². The van der Waals surface area contributed by atoms with Gasteiger partial charge in [-0.25, -0.2) is 4.68 Å². The molecule has 1 aliphatic heterocycles. The van der Waals surface area contributed by atoms with Gasteiger partial charge in [0, 0.05) is 6.54 Å². The van der Waals surface area contributed by atoms with E-state index in [1.165, 1.54) is 0 Å². The molecule has 3 rings (SSSR count). The zero-order valence-electron chi connectivity index (χ0n) is 9.69. The van der Waals surface area contributed by atoms with Crippen molar-refractivity contribution in [2.75, 3.05) is 13.2 Å². The summed E-state index contributed by atoms with van der Waals surface area (Å²) in [5, 5.41) is 11.5. The van der Waals surface area contributed by atoms with Crippen LogP contribution in [-0.4, -0.2) is 33.4 Å². The summed E-state index contributed by atoms with van der Waals surface area (Å²) >= 11 is 0. The minimum atomic E-state index is -0.304. The maximum Gasteiger partial charge on any atom is 0.195 e. The summed E-state index contributed by atoms with van der Waals surface area (Å²) in [6.07, 6.45) is -0.304. The molecule has 7 nitrogen and oxygen atoms in total. The number of hydrogen-bond donors (Lipinski definition) is 1. The quantitative estimate of drug-likeness (QED) is 0.830. The van der Waals surface area contributed by atoms with Crippen LogP contribution < -0.4 is 15.2 Å². The number of benzene rings is 1. The normalized spacial score (nSPS) is 17.7. The first kappa shape index (κ1) is 11.0. The van der Waals surface area contributed by atoms with Crippen molar-refractivity contribution in [1.82, 2.24) is 20.2 Å². The number of tetrazole rings is 1. The van der Waals surface area contributed by atoms with E-state index >= 15 is 0 Å². The van der Waals surface area contributed by atoms with E-state index in [2.05, 4.69) is 15.5 Å². The van der Waals surface area contributed by atoms with Gasteiger partial charge in [-0.05, 0) is 22.6 Å². The number of ether oxygens (including phenoxy) is 2. The molecule has 2 N–H and O–H groups in total. The molecule has 2 heterocycles. The molecule has 0 saturated carbocycles. The average molecular weight is 247 g/mol. The third-order valence-electron chi connectivity index (χ3n) is 2.70. The molecule has 94 valence electrons. The molecule has 0 bridgehead atoms. The predicted molar refractivity (Wildman–Crippen MR) is 62.2 cm³/mol. The maximum atomic E-state index is 5.83. The lowest BCUT2D eigenvalue weighted by Crippen LogP contribution is -2.26. The molecule has 0 spiro atoms. The van der Waals surface area contributed by atoms with E-state index in [9.17, 15) is 0 Å². The van der Waals surface area contributed by atoms with Gasteiger partial charge in [0.05, 0.1) is 6.54 Å². The molecule has 7 heteroatoms. The lowest BCUT2D eigenvalue weighted by molar-refractivity contribution is 0.0814. The van der Waals surface area contributed by atoms with Gasteiger partial charge in [0.15, 0.2) is 23.4 Å². The van der Waals surface area contributed by atoms with Crippen molar-refractivity contribution >= 4 is 0 Å². The predicted octanol–water partition coefficient (Wildman–Crippen LogP) is 0.144. The molecule has 0 aliphatic carbocycles. The van der Waals surface area contributed by atoms with Gasteiger partial charge in [0.2, 0.25) is 0 Å². The Labute approximate surface area is 103 Å². The Balaban J connectivity index is 1.85. The van der Waals surface area contributed by atoms with Gasteiger partial charge in [0.1, 0.15) is 6.61 Å². The van der Waals surface area contributed by atoms with Crippen molar-refractivity contribution in [2.45, 2.75) is 12.6 Å². The van der Waals surface area contributed by atoms with Crippen LogP contribution in [-0.2, 0) is 6.54 Å². The highest BCUT2D eigenvalue weighted by atomic mass is 16.6. The average Bonchev–Trinajstić information content (AvgIpc) is 2.87. The minimum Gasteiger partial charge on any atom is -0.485 e. The summed E-state index contributed by atoms with van der Waals surface area (Å²) in [4.78, 5) is 0. The van der Waals surface area contributed by atoms with Crippen molar-refractivity contribution in [3.8, 4) is 11.5 Å². The van der Waals surface area contributed by atoms with Gasteiger partial charge in [-0.3, -0.25) is 0 Å². The molecule has 0 amide bonds. The zero-order valence-corrected chi connectivity index (χ0v) is 9.69. The van der Waals surface area contributed by atoms with Crippen LogP contribution in [0.15, 0.2) is 24.3 Å². The number of para-hydroxylation sites is 2. The molecule has 0 radical (unpaired) electrons. The van der Waals surface area contributed by atoms with Crippen molar-refractivity contribution < 1.29 is 9.47 Å². The molecule has 18 heavy (non-hydrogen) atoms. The Morgan fingerprint density at radius 3 is 3.00 bits per heavy atom. The summed E-state index contributed by atoms with van der Waals surface area (Å²) in [7, 11) is 0. The molecule has 2 aromatic rings. The van der Waals surface area contributed by atoms with Crippen molar-refractivity contribution in [3.63, 3.8) is 0 Å². The maximum absolute atomic E-state index is 5.83. The third kappa shape index (κ3) is 1.88. The van der Waals surface area contributed by atoms with Crippen LogP contribution in [0.5, 0.6) is 11.5 Å². The van der Waals surface area contributed by atoms with Crippen LogP contribution in [0.4, 0.5) is 0 Å². The van der Waals surface area contributed by atoms with E-state index in [-0.39, 0.29) is 6.10 Å². The van der Waals surface area contributed by atoms with E-state index in [1.54, 1.807) is 4.68 Å². The Kier molecular flexibility index (Phi) is 2.81. The molecule has 0 fully saturated rings. The first-order valence-corrected chi connectivity index (χ1v) is 5.73. The van der Waals surface area contributed by atoms with Gasteiger partial charge in [-0.2, -0.15) is 0 Å². The van der Waals surface area contributed by atoms with Crippen molar-refractivity contribution in [1.29, 1.82) is 0 Å². The molecule has 1 unspecified atom stereocenters. The number of fused-ring (bicyclic) bond motifs is 1. The highest BCUT2D eigenvalue weighted by Crippen LogP contribution is 2.35. The van der Waals surface area contributed by atoms with Crippen LogP contribution in [0.1, 0.15) is 11.9 Å². The van der Waals surface area contributed by atoms with E-state index in [0.717, 1.165) is 5.75 Å². The fourth-order valence-corrected chi connectivity index (χ4v) is 1.87. The highest BCUT2D eigenvalue weighted by Gasteiger charge is 2.27. The van der Waals surface area contributed by atoms with Gasteiger partial charge in [-0.1, -0.05) is 12.1 Å². The Hall–Kier alpha value is -2.15. The smallest absolute Gasteiger partial charge is 0.195 e. The van der Waals surface area contributed by atoms with Gasteiger partial charge in [0.25, 0.3) is 0 Å². The Morgan fingerprint density at radius 1 is 1.33 bits per heavy atom. The van der Waals surface area contributed by atoms with E-state index in [4.69, 9.17) is 15.2 Å². The van der Waals surface area contributed by atoms with Gasteiger partial charge in [-0.15, -0.1) is 5.10 Å². The standard InChI is InChI=1S/C11H13N5O2/c12-5-6-16-11(13-14-15-16)10-7-17-8-3-1-2-4-9(8)18-10/h1-4,10H,5-7,12H2. The summed E-state index contributed by atoms with van der Waals surface area (Å²) < 4.78 is 13.1. The number of hydrogen-bond acceptors (Lipinski definition) is 6. The lowest BCUT2D eigenvalue weighted by atomic mass is 10.2. The number of nitrogens with zero attached hydrogens (tertiary/aromatic N) is 4. The Morgan fingerprint density at radius 2 is 2.17 bits per heavy atom. The molecule has 1 aromatic heterocycles. The molecular formula is C11H13N5O2. The highest BCUT2D eigenvalue weighted by molar-refractivity contribution is 5.40. The van der Waals surface area contributed by atoms with Gasteiger partial charge < -0.3 is 15.2 Å². The molecule has 0 saturated heterocycles. The molecule has 1 aromatic carbocycles. The summed E-state index contributed by atoms with van der Waals surface area (Å²) in [6.45, 7) is 1.42. The minimum absolute atomic E-state index is 0.304. The summed E-state index contributed by atoms with van der Waals surface area (Å²) in [5.74, 6) is 2.08. The van der Waals surface area contributed by atoms with Crippen LogP contribution in [0, 0.1) is 0 Å². The SMILES string of the molecule is NCCn1nnnc1C1COc2ccccc2O1. The van der Waals surface area contributed by atoms with Crippen molar-refractivity contribution in [2.24, 2.45) is 5.73 Å². The molecule has 1 aliphatic rings. The second-order valence-corrected chi connectivity index (χ2v) is 3.91. The summed E-state index contributed by atoms with van der Waals surface area (Å²) in [5.41, 5.74) is 5.51. The number of nitrogens with two attached hydrogens (primary N) is 1. The van der Waals surface area contributed by atoms with E-state index in [1.807, 2.05) is 24.3 Å². The number of rotatable bonds is 3. The largest absolute Gasteiger partial charge is 0.485 e. The van der Waals surface area contributed by atoms with E-state index in [0.29, 0.717) is 31.3 Å². The monoisotopic (exact) mass is 247 g/mol. The van der Waals surface area contributed by atoms with Crippen LogP contribution >= 0.6 is 0 Å². The fourth-order valence-electron chi connectivity index (χ4n) is 1.87. The van der Waals surface area contributed by atoms with Crippen LogP contribution in [0.25, 0.3) is 0 Å². The van der Waals surface area contributed by atoms with Crippen molar-refractivity contribution in [3.05, 3.63) is 30.1 Å². The number of aromatic nitrogens is 4. The first-order chi connectivity index (χ1) is 8.88.